The number of carbonyl (C=O) groups is 2. The number of sulfonamides is 1. The van der Waals surface area contributed by atoms with Crippen LogP contribution in [0.2, 0.25) is 0 Å². The lowest BCUT2D eigenvalue weighted by molar-refractivity contribution is -0.135. The van der Waals surface area contributed by atoms with E-state index < -0.39 is 33.0 Å². The lowest BCUT2D eigenvalue weighted by atomic mass is 9.85. The average Bonchev–Trinajstić information content (AvgIpc) is 2.66. The van der Waals surface area contributed by atoms with Crippen molar-refractivity contribution in [1.29, 1.82) is 0 Å². The van der Waals surface area contributed by atoms with Crippen LogP contribution >= 0.6 is 0 Å². The Morgan fingerprint density at radius 2 is 1.83 bits per heavy atom. The van der Waals surface area contributed by atoms with Crippen LogP contribution in [-0.4, -0.2) is 43.8 Å². The second kappa shape index (κ2) is 7.78. The minimum absolute atomic E-state index is 0.279. The molecule has 2 aromatic rings. The molecule has 1 fully saturated rings. The lowest BCUT2D eigenvalue weighted by Crippen LogP contribution is -2.67. The lowest BCUT2D eigenvalue weighted by Gasteiger charge is -2.48. The molecular weight excluding hydrogens is 406 g/mol. The van der Waals surface area contributed by atoms with Gasteiger partial charge in [-0.15, -0.1) is 0 Å². The van der Waals surface area contributed by atoms with Crippen molar-refractivity contribution < 1.29 is 31.5 Å². The SMILES string of the molecule is CC1(C(=O)NS(=O)(=O)c2cccc(OC(F)F)c2)CCN1C(=O)c1ccccc1. The molecule has 0 bridgehead atoms. The van der Waals surface area contributed by atoms with Crippen molar-refractivity contribution >= 4 is 21.8 Å². The Kier molecular flexibility index (Phi) is 5.56. The zero-order valence-electron chi connectivity index (χ0n) is 15.3. The van der Waals surface area contributed by atoms with Gasteiger partial charge in [0.15, 0.2) is 0 Å². The van der Waals surface area contributed by atoms with E-state index in [2.05, 4.69) is 4.74 Å². The van der Waals surface area contributed by atoms with Gasteiger partial charge >= 0.3 is 6.61 Å². The van der Waals surface area contributed by atoms with Gasteiger partial charge in [0.25, 0.3) is 21.8 Å². The summed E-state index contributed by atoms with van der Waals surface area (Å²) in [7, 11) is -4.35. The van der Waals surface area contributed by atoms with Gasteiger partial charge in [-0.2, -0.15) is 8.78 Å². The summed E-state index contributed by atoms with van der Waals surface area (Å²) < 4.78 is 55.9. The molecule has 1 unspecified atom stereocenters. The van der Waals surface area contributed by atoms with E-state index in [-0.39, 0.29) is 18.1 Å². The number of halogens is 2. The molecule has 1 saturated heterocycles. The summed E-state index contributed by atoms with van der Waals surface area (Å²) in [5.41, 5.74) is -0.970. The number of nitrogens with one attached hydrogen (secondary N) is 1. The van der Waals surface area contributed by atoms with Gasteiger partial charge in [-0.25, -0.2) is 13.1 Å². The molecule has 0 radical (unpaired) electrons. The molecule has 29 heavy (non-hydrogen) atoms. The fourth-order valence-electron chi connectivity index (χ4n) is 2.97. The first-order valence-corrected chi connectivity index (χ1v) is 10.1. The Morgan fingerprint density at radius 3 is 2.41 bits per heavy atom. The number of likely N-dealkylation sites (tertiary alicyclic amines) is 1. The fraction of sp³-hybridized carbons (Fsp3) is 0.263. The molecule has 7 nitrogen and oxygen atoms in total. The fourth-order valence-corrected chi connectivity index (χ4v) is 4.08. The van der Waals surface area contributed by atoms with E-state index in [4.69, 9.17) is 0 Å². The van der Waals surface area contributed by atoms with Crippen molar-refractivity contribution in [3.05, 3.63) is 60.2 Å². The summed E-state index contributed by atoms with van der Waals surface area (Å²) in [5, 5.41) is 0. The third kappa shape index (κ3) is 4.21. The van der Waals surface area contributed by atoms with Crippen molar-refractivity contribution in [2.24, 2.45) is 0 Å². The zero-order chi connectivity index (χ0) is 21.2. The molecule has 2 amide bonds. The number of nitrogens with zero attached hydrogens (tertiary/aromatic N) is 1. The molecule has 0 saturated carbocycles. The Hall–Kier alpha value is -3.01. The number of alkyl halides is 2. The molecule has 0 aromatic heterocycles. The third-order valence-electron chi connectivity index (χ3n) is 4.74. The number of carbonyl (C=O) groups excluding carboxylic acids is 2. The average molecular weight is 424 g/mol. The van der Waals surface area contributed by atoms with Gasteiger partial charge in [-0.05, 0) is 37.6 Å². The first-order chi connectivity index (χ1) is 13.6. The Labute approximate surface area is 166 Å². The standard InChI is InChI=1S/C19H18F2N2O5S/c1-19(10-11-23(19)16(24)13-6-3-2-4-7-13)17(25)22-29(26,27)15-9-5-8-14(12-15)28-18(20)21/h2-9,12,18H,10-11H2,1H3,(H,22,25). The minimum atomic E-state index is -4.35. The van der Waals surface area contributed by atoms with Crippen molar-refractivity contribution in [2.75, 3.05) is 6.54 Å². The van der Waals surface area contributed by atoms with Gasteiger partial charge in [-0.1, -0.05) is 24.3 Å². The van der Waals surface area contributed by atoms with Crippen LogP contribution in [0.5, 0.6) is 5.75 Å². The molecule has 2 aromatic carbocycles. The predicted octanol–water partition coefficient (Wildman–Crippen LogP) is 2.40. The highest BCUT2D eigenvalue weighted by atomic mass is 32.2. The Bertz CT molecular complexity index is 1030. The molecule has 1 atom stereocenters. The number of amides is 2. The van der Waals surface area contributed by atoms with Crippen LogP contribution in [0.25, 0.3) is 0 Å². The Morgan fingerprint density at radius 1 is 1.14 bits per heavy atom. The Balaban J connectivity index is 1.77. The first kappa shape index (κ1) is 20.7. The topological polar surface area (TPSA) is 92.8 Å². The first-order valence-electron chi connectivity index (χ1n) is 8.63. The monoisotopic (exact) mass is 424 g/mol. The summed E-state index contributed by atoms with van der Waals surface area (Å²) in [4.78, 5) is 26.2. The van der Waals surface area contributed by atoms with Crippen LogP contribution < -0.4 is 9.46 Å². The van der Waals surface area contributed by atoms with Crippen LogP contribution in [0.4, 0.5) is 8.78 Å². The molecule has 3 rings (SSSR count). The van der Waals surface area contributed by atoms with Crippen LogP contribution in [0.15, 0.2) is 59.5 Å². The van der Waals surface area contributed by atoms with Crippen LogP contribution in [0, 0.1) is 0 Å². The molecule has 154 valence electrons. The summed E-state index contributed by atoms with van der Waals surface area (Å²) in [6.45, 7) is -1.34. The largest absolute Gasteiger partial charge is 0.435 e. The van der Waals surface area contributed by atoms with Gasteiger partial charge < -0.3 is 9.64 Å². The maximum absolute atomic E-state index is 12.7. The minimum Gasteiger partial charge on any atom is -0.435 e. The van der Waals surface area contributed by atoms with E-state index in [0.29, 0.717) is 12.1 Å². The molecule has 10 heteroatoms. The molecule has 1 aliphatic rings. The van der Waals surface area contributed by atoms with Crippen LogP contribution in [0.3, 0.4) is 0 Å². The summed E-state index contributed by atoms with van der Waals surface area (Å²) in [5.74, 6) is -1.63. The van der Waals surface area contributed by atoms with E-state index in [1.807, 2.05) is 4.72 Å². The molecule has 1 N–H and O–H groups in total. The second-order valence-electron chi connectivity index (χ2n) is 6.63. The highest BCUT2D eigenvalue weighted by molar-refractivity contribution is 7.90. The molecule has 1 aliphatic heterocycles. The van der Waals surface area contributed by atoms with Crippen LogP contribution in [0.1, 0.15) is 23.7 Å². The molecule has 0 aliphatic carbocycles. The van der Waals surface area contributed by atoms with Gasteiger partial charge in [0.1, 0.15) is 11.3 Å². The van der Waals surface area contributed by atoms with Crippen molar-refractivity contribution in [2.45, 2.75) is 30.4 Å². The number of rotatable bonds is 6. The van der Waals surface area contributed by atoms with E-state index in [9.17, 15) is 26.8 Å². The predicted molar refractivity (Wildman–Crippen MR) is 98.9 cm³/mol. The van der Waals surface area contributed by atoms with Crippen molar-refractivity contribution in [3.8, 4) is 5.75 Å². The summed E-state index contributed by atoms with van der Waals surface area (Å²) >= 11 is 0. The zero-order valence-corrected chi connectivity index (χ0v) is 16.2. The molecule has 0 spiro atoms. The van der Waals surface area contributed by atoms with E-state index in [1.54, 1.807) is 30.3 Å². The van der Waals surface area contributed by atoms with Gasteiger partial charge in [0, 0.05) is 18.2 Å². The summed E-state index contributed by atoms with van der Waals surface area (Å²) in [6, 6.07) is 12.7. The number of ether oxygens (including phenoxy) is 1. The van der Waals surface area contributed by atoms with E-state index in [1.165, 1.54) is 24.0 Å². The molecular formula is C19H18F2N2O5S. The van der Waals surface area contributed by atoms with Crippen molar-refractivity contribution in [1.82, 2.24) is 9.62 Å². The molecule has 1 heterocycles. The summed E-state index contributed by atoms with van der Waals surface area (Å²) in [6.07, 6.45) is 0.279. The van der Waals surface area contributed by atoms with Gasteiger partial charge in [-0.3, -0.25) is 9.59 Å². The van der Waals surface area contributed by atoms with Crippen molar-refractivity contribution in [3.63, 3.8) is 0 Å². The van der Waals surface area contributed by atoms with E-state index >= 15 is 0 Å². The normalized spacial score (nSPS) is 18.8. The highest BCUT2D eigenvalue weighted by Crippen LogP contribution is 2.32. The smallest absolute Gasteiger partial charge is 0.387 e. The van der Waals surface area contributed by atoms with Gasteiger partial charge in [0.05, 0.1) is 4.90 Å². The maximum Gasteiger partial charge on any atom is 0.387 e. The van der Waals surface area contributed by atoms with Crippen LogP contribution in [-0.2, 0) is 14.8 Å². The number of benzene rings is 2. The maximum atomic E-state index is 12.7. The third-order valence-corrected chi connectivity index (χ3v) is 6.07. The number of hydrogen-bond acceptors (Lipinski definition) is 5. The van der Waals surface area contributed by atoms with Gasteiger partial charge in [0.2, 0.25) is 0 Å². The number of hydrogen-bond donors (Lipinski definition) is 1. The highest BCUT2D eigenvalue weighted by Gasteiger charge is 2.50. The second-order valence-corrected chi connectivity index (χ2v) is 8.32. The quantitative estimate of drug-likeness (QED) is 0.769. The van der Waals surface area contributed by atoms with E-state index in [0.717, 1.165) is 12.1 Å².